The van der Waals surface area contributed by atoms with Crippen LogP contribution in [0.3, 0.4) is 0 Å². The SMILES string of the molecule is O=C(COc1ccccc1)NCc1nnc(SCC(=O)N2N=C(c3cccs3)C[C@H]2c2ccc(F)cc2)n1Cc1ccccc1. The van der Waals surface area contributed by atoms with E-state index in [1.165, 1.54) is 28.9 Å². The van der Waals surface area contributed by atoms with Gasteiger partial charge in [0.15, 0.2) is 17.6 Å². The fourth-order valence-corrected chi connectivity index (χ4v) is 6.37. The van der Waals surface area contributed by atoms with E-state index in [0.717, 1.165) is 21.7 Å². The molecule has 5 aromatic rings. The van der Waals surface area contributed by atoms with Crippen LogP contribution in [0.2, 0.25) is 0 Å². The van der Waals surface area contributed by atoms with Gasteiger partial charge in [0.2, 0.25) is 0 Å². The highest BCUT2D eigenvalue weighted by atomic mass is 32.2. The number of carbonyl (C=O) groups is 2. The van der Waals surface area contributed by atoms with E-state index in [0.29, 0.717) is 29.7 Å². The number of para-hydroxylation sites is 1. The molecular weight excluding hydrogens is 612 g/mol. The standard InChI is InChI=1S/C33H29FN6O3S2/c34-25-15-13-24(14-16-25)28-18-27(29-12-7-17-44-29)38-40(28)32(42)22-45-33-37-36-30(39(33)20-23-8-3-1-4-9-23)19-35-31(41)21-43-26-10-5-2-6-11-26/h1-17,28H,18-22H2,(H,35,41)/t28-/m0/s1. The zero-order chi connectivity index (χ0) is 31.0. The molecule has 0 fully saturated rings. The molecule has 1 N–H and O–H groups in total. The van der Waals surface area contributed by atoms with Crippen molar-refractivity contribution in [3.8, 4) is 5.75 Å². The Labute approximate surface area is 267 Å². The van der Waals surface area contributed by atoms with E-state index in [1.807, 2.05) is 70.6 Å². The monoisotopic (exact) mass is 640 g/mol. The molecule has 0 saturated carbocycles. The molecule has 0 spiro atoms. The van der Waals surface area contributed by atoms with E-state index in [4.69, 9.17) is 9.84 Å². The Kier molecular flexibility index (Phi) is 9.61. The first-order chi connectivity index (χ1) is 22.0. The summed E-state index contributed by atoms with van der Waals surface area (Å²) in [5, 5.41) is 20.3. The molecule has 0 aliphatic carbocycles. The lowest BCUT2D eigenvalue weighted by Gasteiger charge is -2.22. The van der Waals surface area contributed by atoms with Gasteiger partial charge in [-0.25, -0.2) is 9.40 Å². The number of nitrogens with one attached hydrogen (secondary N) is 1. The van der Waals surface area contributed by atoms with Crippen LogP contribution in [0.25, 0.3) is 0 Å². The number of nitrogens with zero attached hydrogens (tertiary/aromatic N) is 5. The van der Waals surface area contributed by atoms with Gasteiger partial charge in [0.05, 0.1) is 35.5 Å². The number of benzene rings is 3. The van der Waals surface area contributed by atoms with Gasteiger partial charge in [-0.1, -0.05) is 78.5 Å². The first kappa shape index (κ1) is 30.2. The highest BCUT2D eigenvalue weighted by molar-refractivity contribution is 7.99. The topological polar surface area (TPSA) is 102 Å². The molecular formula is C33H29FN6O3S2. The lowest BCUT2D eigenvalue weighted by atomic mass is 10.0. The smallest absolute Gasteiger partial charge is 0.258 e. The molecule has 2 amide bonds. The zero-order valence-electron chi connectivity index (χ0n) is 24.1. The average molecular weight is 641 g/mol. The lowest BCUT2D eigenvalue weighted by Crippen LogP contribution is -2.30. The van der Waals surface area contributed by atoms with Gasteiger partial charge in [0.25, 0.3) is 11.8 Å². The van der Waals surface area contributed by atoms with Crippen molar-refractivity contribution in [1.82, 2.24) is 25.1 Å². The Morgan fingerprint density at radius 1 is 0.956 bits per heavy atom. The van der Waals surface area contributed by atoms with Gasteiger partial charge in [0.1, 0.15) is 11.6 Å². The van der Waals surface area contributed by atoms with Crippen molar-refractivity contribution in [3.63, 3.8) is 0 Å². The summed E-state index contributed by atoms with van der Waals surface area (Å²) in [6.45, 7) is 0.462. The second-order valence-corrected chi connectivity index (χ2v) is 12.1. The van der Waals surface area contributed by atoms with Gasteiger partial charge in [-0.05, 0) is 46.8 Å². The van der Waals surface area contributed by atoms with Crippen LogP contribution >= 0.6 is 23.1 Å². The molecule has 1 aliphatic rings. The van der Waals surface area contributed by atoms with Crippen molar-refractivity contribution < 1.29 is 18.7 Å². The fraction of sp³-hybridized carbons (Fsp3) is 0.182. The maximum absolute atomic E-state index is 13.7. The zero-order valence-corrected chi connectivity index (χ0v) is 25.7. The minimum atomic E-state index is -0.345. The minimum Gasteiger partial charge on any atom is -0.484 e. The number of amides is 2. The summed E-state index contributed by atoms with van der Waals surface area (Å²) in [4.78, 5) is 27.2. The van der Waals surface area contributed by atoms with Crippen LogP contribution in [-0.2, 0) is 22.7 Å². The van der Waals surface area contributed by atoms with Gasteiger partial charge in [-0.15, -0.1) is 21.5 Å². The molecule has 0 radical (unpaired) electrons. The minimum absolute atomic E-state index is 0.0586. The molecule has 6 rings (SSSR count). The van der Waals surface area contributed by atoms with E-state index in [9.17, 15) is 14.0 Å². The van der Waals surface area contributed by atoms with Gasteiger partial charge >= 0.3 is 0 Å². The Balaban J connectivity index is 1.16. The van der Waals surface area contributed by atoms with Gasteiger partial charge in [-0.3, -0.25) is 9.59 Å². The van der Waals surface area contributed by atoms with Crippen LogP contribution in [0.15, 0.2) is 113 Å². The molecule has 3 heterocycles. The van der Waals surface area contributed by atoms with Crippen LogP contribution < -0.4 is 10.1 Å². The number of thiophene rings is 1. The Hall–Kier alpha value is -4.81. The van der Waals surface area contributed by atoms with E-state index in [-0.39, 0.29) is 42.6 Å². The van der Waals surface area contributed by atoms with Crippen LogP contribution in [0.5, 0.6) is 5.75 Å². The van der Waals surface area contributed by atoms with Crippen molar-refractivity contribution in [2.45, 2.75) is 30.7 Å². The van der Waals surface area contributed by atoms with Crippen molar-refractivity contribution in [3.05, 3.63) is 130 Å². The number of aromatic nitrogens is 3. The van der Waals surface area contributed by atoms with E-state index in [2.05, 4.69) is 15.5 Å². The molecule has 0 unspecified atom stereocenters. The third-order valence-corrected chi connectivity index (χ3v) is 8.96. The van der Waals surface area contributed by atoms with E-state index >= 15 is 0 Å². The van der Waals surface area contributed by atoms with Gasteiger partial charge < -0.3 is 14.6 Å². The number of hydrazone groups is 1. The molecule has 45 heavy (non-hydrogen) atoms. The summed E-state index contributed by atoms with van der Waals surface area (Å²) in [6.07, 6.45) is 0.532. The summed E-state index contributed by atoms with van der Waals surface area (Å²) in [7, 11) is 0. The summed E-state index contributed by atoms with van der Waals surface area (Å²) < 4.78 is 21.1. The van der Waals surface area contributed by atoms with Crippen molar-refractivity contribution in [2.24, 2.45) is 5.10 Å². The second-order valence-electron chi connectivity index (χ2n) is 10.2. The molecule has 1 atom stereocenters. The highest BCUT2D eigenvalue weighted by Gasteiger charge is 2.33. The Morgan fingerprint density at radius 2 is 1.71 bits per heavy atom. The molecule has 2 aromatic heterocycles. The van der Waals surface area contributed by atoms with Crippen LogP contribution in [0.1, 0.15) is 34.3 Å². The quantitative estimate of drug-likeness (QED) is 0.176. The predicted molar refractivity (Wildman–Crippen MR) is 172 cm³/mol. The molecule has 3 aromatic carbocycles. The third kappa shape index (κ3) is 7.65. The van der Waals surface area contributed by atoms with Crippen LogP contribution in [0.4, 0.5) is 4.39 Å². The molecule has 1 aliphatic heterocycles. The molecule has 12 heteroatoms. The number of halogens is 1. The van der Waals surface area contributed by atoms with Crippen molar-refractivity contribution in [2.75, 3.05) is 12.4 Å². The first-order valence-corrected chi connectivity index (χ1v) is 16.1. The summed E-state index contributed by atoms with van der Waals surface area (Å²) in [5.41, 5.74) is 2.65. The highest BCUT2D eigenvalue weighted by Crippen LogP contribution is 2.35. The van der Waals surface area contributed by atoms with Gasteiger partial charge in [0, 0.05) is 6.42 Å². The number of carbonyl (C=O) groups excluding carboxylic acids is 2. The number of ether oxygens (including phenoxy) is 1. The van der Waals surface area contributed by atoms with Crippen molar-refractivity contribution >= 4 is 40.6 Å². The maximum Gasteiger partial charge on any atom is 0.258 e. The summed E-state index contributed by atoms with van der Waals surface area (Å²) >= 11 is 2.82. The molecule has 0 saturated heterocycles. The lowest BCUT2D eigenvalue weighted by molar-refractivity contribution is -0.130. The second kappa shape index (κ2) is 14.3. The summed E-state index contributed by atoms with van der Waals surface area (Å²) in [6, 6.07) is 28.7. The van der Waals surface area contributed by atoms with Crippen molar-refractivity contribution in [1.29, 1.82) is 0 Å². The number of thioether (sulfide) groups is 1. The normalized spacial score (nSPS) is 14.3. The molecule has 0 bridgehead atoms. The largest absolute Gasteiger partial charge is 0.484 e. The van der Waals surface area contributed by atoms with E-state index < -0.39 is 0 Å². The average Bonchev–Trinajstić information content (AvgIpc) is 3.84. The van der Waals surface area contributed by atoms with Crippen LogP contribution in [0, 0.1) is 5.82 Å². The fourth-order valence-electron chi connectivity index (χ4n) is 4.84. The molecule has 9 nitrogen and oxygen atoms in total. The summed E-state index contributed by atoms with van der Waals surface area (Å²) in [5.74, 6) is 0.377. The number of hydrogen-bond acceptors (Lipinski definition) is 8. The van der Waals surface area contributed by atoms with E-state index in [1.54, 1.807) is 35.6 Å². The Morgan fingerprint density at radius 3 is 2.44 bits per heavy atom. The third-order valence-electron chi connectivity index (χ3n) is 7.08. The number of hydrogen-bond donors (Lipinski definition) is 1. The van der Waals surface area contributed by atoms with Gasteiger partial charge in [-0.2, -0.15) is 5.10 Å². The maximum atomic E-state index is 13.7. The number of rotatable bonds is 12. The van der Waals surface area contributed by atoms with Crippen LogP contribution in [-0.4, -0.2) is 49.7 Å². The predicted octanol–water partition coefficient (Wildman–Crippen LogP) is 5.69. The first-order valence-electron chi connectivity index (χ1n) is 14.3. The Bertz CT molecular complexity index is 1760. The molecule has 228 valence electrons.